The van der Waals surface area contributed by atoms with E-state index in [1.165, 1.54) is 0 Å². The number of likely N-dealkylation sites (N-methyl/N-ethyl adjacent to an activating group) is 1. The molecule has 0 fully saturated rings. The van der Waals surface area contributed by atoms with E-state index >= 15 is 0 Å². The first-order chi connectivity index (χ1) is 10.1. The number of aliphatic hydroxyl groups excluding tert-OH is 1. The van der Waals surface area contributed by atoms with Crippen LogP contribution in [0.2, 0.25) is 0 Å². The second-order valence-electron chi connectivity index (χ2n) is 4.42. The molecule has 1 aromatic rings. The molecular weight excluding hydrogens is 276 g/mol. The van der Waals surface area contributed by atoms with E-state index in [1.807, 2.05) is 6.92 Å². The normalized spacial score (nSPS) is 11.7. The van der Waals surface area contributed by atoms with E-state index in [0.717, 1.165) is 11.4 Å². The Labute approximate surface area is 123 Å². The van der Waals surface area contributed by atoms with Gasteiger partial charge in [-0.2, -0.15) is 0 Å². The predicted molar refractivity (Wildman–Crippen MR) is 72.7 cm³/mol. The molecule has 0 aliphatic heterocycles. The number of rotatable bonds is 9. The second-order valence-corrected chi connectivity index (χ2v) is 4.42. The van der Waals surface area contributed by atoms with Crippen LogP contribution in [0.5, 0.6) is 5.75 Å². The number of hydrogen-bond donors (Lipinski definition) is 3. The molecular formula is C14H20N2O5. The Morgan fingerprint density at radius 2 is 2.10 bits per heavy atom. The van der Waals surface area contributed by atoms with Crippen LogP contribution in [0.1, 0.15) is 17.3 Å². The Kier molecular flexibility index (Phi) is 7.20. The molecule has 3 N–H and O–H groups in total. The number of aliphatic carboxylic acids is 1. The number of hydrogen-bond acceptors (Lipinski definition) is 5. The summed E-state index contributed by atoms with van der Waals surface area (Å²) in [6.07, 6.45) is 0. The van der Waals surface area contributed by atoms with Crippen molar-refractivity contribution in [2.24, 2.45) is 0 Å². The van der Waals surface area contributed by atoms with Crippen molar-refractivity contribution < 1.29 is 29.4 Å². The molecule has 0 heterocycles. The number of benzene rings is 1. The lowest BCUT2D eigenvalue weighted by Gasteiger charge is -2.18. The highest BCUT2D eigenvalue weighted by atomic mass is 16.5. The van der Waals surface area contributed by atoms with E-state index in [0.29, 0.717) is 19.0 Å². The van der Waals surface area contributed by atoms with Gasteiger partial charge in [-0.15, -0.1) is 0 Å². The maximum Gasteiger partial charge on any atom is 0.255 e. The molecule has 0 aromatic heterocycles. The summed E-state index contributed by atoms with van der Waals surface area (Å²) in [5, 5.41) is 21.5. The average molecular weight is 296 g/mol. The van der Waals surface area contributed by atoms with Crippen LogP contribution < -0.4 is 20.1 Å². The Morgan fingerprint density at radius 3 is 2.71 bits per heavy atom. The van der Waals surface area contributed by atoms with Gasteiger partial charge in [0.15, 0.2) is 0 Å². The summed E-state index contributed by atoms with van der Waals surface area (Å²) in [5.41, 5.74) is 0.262. The number of quaternary nitrogens is 1. The number of aliphatic hydroxyl groups is 1. The number of para-hydroxylation sites is 1. The average Bonchev–Trinajstić information content (AvgIpc) is 2.49. The summed E-state index contributed by atoms with van der Waals surface area (Å²) in [6, 6.07) is 6.58. The van der Waals surface area contributed by atoms with Gasteiger partial charge in [0.1, 0.15) is 12.3 Å². The molecule has 0 saturated carbocycles. The summed E-state index contributed by atoms with van der Waals surface area (Å²) in [6.45, 7) is 3.11. The zero-order valence-electron chi connectivity index (χ0n) is 11.9. The minimum atomic E-state index is -1.36. The Hall–Kier alpha value is -2.12. The minimum Gasteiger partial charge on any atom is -0.548 e. The van der Waals surface area contributed by atoms with Crippen molar-refractivity contribution in [3.05, 3.63) is 29.8 Å². The first-order valence-electron chi connectivity index (χ1n) is 6.72. The standard InChI is InChI=1S/C14H20N2O5/c1-2-16(7-8-17)10-21-12-6-4-3-5-11(12)14(20)15-9-13(18)19/h3-6,17H,2,7-10H2,1H3,(H,15,20)(H,18,19). The zero-order valence-corrected chi connectivity index (χ0v) is 11.9. The summed E-state index contributed by atoms with van der Waals surface area (Å²) in [4.78, 5) is 23.3. The smallest absolute Gasteiger partial charge is 0.255 e. The maximum atomic E-state index is 11.9. The van der Waals surface area contributed by atoms with Gasteiger partial charge in [0.2, 0.25) is 6.73 Å². The van der Waals surface area contributed by atoms with E-state index < -0.39 is 18.4 Å². The summed E-state index contributed by atoms with van der Waals surface area (Å²) >= 11 is 0. The number of nitrogens with one attached hydrogen (secondary N) is 2. The molecule has 1 atom stereocenters. The first kappa shape index (κ1) is 16.9. The molecule has 0 bridgehead atoms. The van der Waals surface area contributed by atoms with Gasteiger partial charge >= 0.3 is 0 Å². The number of carboxylic acids is 1. The van der Waals surface area contributed by atoms with Gasteiger partial charge in [-0.25, -0.2) is 0 Å². The molecule has 0 radical (unpaired) electrons. The SMILES string of the molecule is CC[NH+](CCO)COc1ccccc1C(=O)NCC(=O)[O-]. The molecule has 7 heteroatoms. The van der Waals surface area contributed by atoms with Crippen LogP contribution in [-0.4, -0.2) is 50.0 Å². The molecule has 1 rings (SSSR count). The number of carboxylic acid groups (broad SMARTS) is 1. The third-order valence-electron chi connectivity index (χ3n) is 2.92. The van der Waals surface area contributed by atoms with E-state index in [-0.39, 0.29) is 12.2 Å². The van der Waals surface area contributed by atoms with Crippen molar-refractivity contribution in [3.8, 4) is 5.75 Å². The molecule has 1 unspecified atom stereocenters. The number of carbonyl (C=O) groups is 2. The highest BCUT2D eigenvalue weighted by Crippen LogP contribution is 2.17. The van der Waals surface area contributed by atoms with Crippen molar-refractivity contribution in [1.29, 1.82) is 0 Å². The van der Waals surface area contributed by atoms with Crippen molar-refractivity contribution in [2.45, 2.75) is 6.92 Å². The summed E-state index contributed by atoms with van der Waals surface area (Å²) in [5.74, 6) is -1.52. The van der Waals surface area contributed by atoms with Crippen molar-refractivity contribution in [1.82, 2.24) is 5.32 Å². The van der Waals surface area contributed by atoms with Gasteiger partial charge in [0.25, 0.3) is 5.91 Å². The third kappa shape index (κ3) is 5.80. The van der Waals surface area contributed by atoms with Crippen molar-refractivity contribution in [3.63, 3.8) is 0 Å². The molecule has 0 aliphatic carbocycles. The molecule has 116 valence electrons. The second kappa shape index (κ2) is 8.93. The molecule has 7 nitrogen and oxygen atoms in total. The number of ether oxygens (including phenoxy) is 1. The van der Waals surface area contributed by atoms with Crippen LogP contribution in [0.3, 0.4) is 0 Å². The van der Waals surface area contributed by atoms with Crippen molar-refractivity contribution >= 4 is 11.9 Å². The zero-order chi connectivity index (χ0) is 15.7. The van der Waals surface area contributed by atoms with E-state index in [1.54, 1.807) is 24.3 Å². The Bertz CT molecular complexity index is 478. The van der Waals surface area contributed by atoms with Gasteiger partial charge in [-0.3, -0.25) is 4.79 Å². The maximum absolute atomic E-state index is 11.9. The van der Waals surface area contributed by atoms with Crippen LogP contribution in [0.15, 0.2) is 24.3 Å². The van der Waals surface area contributed by atoms with Crippen LogP contribution in [0, 0.1) is 0 Å². The molecule has 21 heavy (non-hydrogen) atoms. The van der Waals surface area contributed by atoms with Gasteiger partial charge in [0.05, 0.1) is 31.2 Å². The molecule has 0 aliphatic rings. The third-order valence-corrected chi connectivity index (χ3v) is 2.92. The van der Waals surface area contributed by atoms with Crippen LogP contribution in [0.25, 0.3) is 0 Å². The molecule has 1 aromatic carbocycles. The van der Waals surface area contributed by atoms with Crippen LogP contribution in [0.4, 0.5) is 0 Å². The van der Waals surface area contributed by atoms with E-state index in [2.05, 4.69) is 5.32 Å². The largest absolute Gasteiger partial charge is 0.548 e. The van der Waals surface area contributed by atoms with Gasteiger partial charge < -0.3 is 30.0 Å². The Balaban J connectivity index is 2.70. The fraction of sp³-hybridized carbons (Fsp3) is 0.429. The van der Waals surface area contributed by atoms with Gasteiger partial charge in [0, 0.05) is 0 Å². The molecule has 0 saturated heterocycles. The number of carbonyl (C=O) groups excluding carboxylic acids is 2. The molecule has 0 spiro atoms. The van der Waals surface area contributed by atoms with Crippen molar-refractivity contribution in [2.75, 3.05) is 33.0 Å². The highest BCUT2D eigenvalue weighted by molar-refractivity contribution is 5.98. The quantitative estimate of drug-likeness (QED) is 0.434. The highest BCUT2D eigenvalue weighted by Gasteiger charge is 2.13. The monoisotopic (exact) mass is 296 g/mol. The minimum absolute atomic E-state index is 0.0558. The summed E-state index contributed by atoms with van der Waals surface area (Å²) in [7, 11) is 0. The predicted octanol–water partition coefficient (Wildman–Crippen LogP) is -2.60. The topological polar surface area (TPSA) is 103 Å². The molecule has 1 amide bonds. The van der Waals surface area contributed by atoms with Crippen LogP contribution in [-0.2, 0) is 4.79 Å². The fourth-order valence-corrected chi connectivity index (χ4v) is 1.72. The van der Waals surface area contributed by atoms with Crippen LogP contribution >= 0.6 is 0 Å². The van der Waals surface area contributed by atoms with Gasteiger partial charge in [-0.1, -0.05) is 12.1 Å². The number of amides is 1. The lowest BCUT2D eigenvalue weighted by molar-refractivity contribution is -0.914. The lowest BCUT2D eigenvalue weighted by Crippen LogP contribution is -3.13. The van der Waals surface area contributed by atoms with E-state index in [9.17, 15) is 14.7 Å². The fourth-order valence-electron chi connectivity index (χ4n) is 1.72. The lowest BCUT2D eigenvalue weighted by atomic mass is 10.2. The first-order valence-corrected chi connectivity index (χ1v) is 6.72. The Morgan fingerprint density at radius 1 is 1.38 bits per heavy atom. The van der Waals surface area contributed by atoms with E-state index in [4.69, 9.17) is 9.84 Å². The van der Waals surface area contributed by atoms with Gasteiger partial charge in [-0.05, 0) is 19.1 Å². The summed E-state index contributed by atoms with van der Waals surface area (Å²) < 4.78 is 5.60.